The van der Waals surface area contributed by atoms with Crippen molar-refractivity contribution in [3.05, 3.63) is 45.8 Å². The van der Waals surface area contributed by atoms with E-state index in [-0.39, 0.29) is 11.1 Å². The number of hydrogen-bond donors (Lipinski definition) is 0. The molecular formula is C13H14F3N3O4Si. The van der Waals surface area contributed by atoms with Crippen LogP contribution in [0.1, 0.15) is 22.1 Å². The molecule has 0 heterocycles. The largest absolute Gasteiger partial charge is 0.516 e. The summed E-state index contributed by atoms with van der Waals surface area (Å²) >= 11 is 0. The van der Waals surface area contributed by atoms with Gasteiger partial charge in [0.25, 0.3) is 0 Å². The topological polar surface area (TPSA) is 101 Å². The highest BCUT2D eigenvalue weighted by Crippen LogP contribution is 2.28. The summed E-state index contributed by atoms with van der Waals surface area (Å²) in [6.45, 7) is 5.21. The lowest BCUT2D eigenvalue weighted by molar-refractivity contribution is -0.205. The Hall–Kier alpha value is -2.52. The van der Waals surface area contributed by atoms with Gasteiger partial charge in [0.15, 0.2) is 0 Å². The maximum atomic E-state index is 12.4. The van der Waals surface area contributed by atoms with E-state index in [1.165, 1.54) is 24.3 Å². The molecule has 0 N–H and O–H groups in total. The smallest absolute Gasteiger partial charge is 0.490 e. The van der Waals surface area contributed by atoms with Gasteiger partial charge in [-0.1, -0.05) is 18.2 Å². The second-order valence-corrected chi connectivity index (χ2v) is 9.98. The quantitative estimate of drug-likeness (QED) is 0.259. The zero-order valence-corrected chi connectivity index (χ0v) is 14.0. The van der Waals surface area contributed by atoms with Crippen LogP contribution in [0.3, 0.4) is 0 Å². The van der Waals surface area contributed by atoms with Gasteiger partial charge in [-0.2, -0.15) is 13.2 Å². The number of carbonyl (C=O) groups excluding carboxylic acids is 2. The fraction of sp³-hybridized carbons (Fsp3) is 0.385. The predicted octanol–water partition coefficient (Wildman–Crippen LogP) is 4.09. The molecule has 0 aliphatic heterocycles. The summed E-state index contributed by atoms with van der Waals surface area (Å²) < 4.78 is 46.5. The number of carbonyl (C=O) groups is 2. The Balaban J connectivity index is 3.23. The molecule has 1 rings (SSSR count). The second-order valence-electron chi connectivity index (χ2n) is 5.55. The minimum Gasteiger partial charge on any atom is -0.516 e. The van der Waals surface area contributed by atoms with Crippen molar-refractivity contribution in [3.63, 3.8) is 0 Å². The summed E-state index contributed by atoms with van der Waals surface area (Å²) in [5.41, 5.74) is 8.16. The Kier molecular flexibility index (Phi) is 5.99. The van der Waals surface area contributed by atoms with Crippen LogP contribution < -0.4 is 0 Å². The third-order valence-corrected chi connectivity index (χ3v) is 3.25. The van der Waals surface area contributed by atoms with Crippen molar-refractivity contribution in [1.29, 1.82) is 0 Å². The lowest BCUT2D eigenvalue weighted by Crippen LogP contribution is -2.30. The Labute approximate surface area is 136 Å². The lowest BCUT2D eigenvalue weighted by atomic mass is 10.1. The highest BCUT2D eigenvalue weighted by Gasteiger charge is 2.42. The third kappa shape index (κ3) is 5.59. The van der Waals surface area contributed by atoms with Crippen LogP contribution in [0.5, 0.6) is 0 Å². The van der Waals surface area contributed by atoms with Crippen LogP contribution in [0.4, 0.5) is 13.2 Å². The molecule has 0 spiro atoms. The average Bonchev–Trinajstić information content (AvgIpc) is 2.44. The van der Waals surface area contributed by atoms with Gasteiger partial charge in [0, 0.05) is 10.5 Å². The van der Waals surface area contributed by atoms with Crippen LogP contribution in [-0.4, -0.2) is 26.4 Å². The Morgan fingerprint density at radius 2 is 1.83 bits per heavy atom. The van der Waals surface area contributed by atoms with E-state index < -0.39 is 32.7 Å². The molecular weight excluding hydrogens is 347 g/mol. The standard InChI is InChI=1S/C13H14F3N3O4Si/c1-24(2,3)23-11(20)9-7-5-4-6-8(9)10(18-19-17)22-12(21)13(14,15)16/h4-7,10H,1-3H3. The number of ether oxygens (including phenoxy) is 1. The third-order valence-electron chi connectivity index (χ3n) is 2.45. The molecule has 0 bridgehead atoms. The van der Waals surface area contributed by atoms with Gasteiger partial charge in [-0.05, 0) is 36.4 Å². The van der Waals surface area contributed by atoms with Crippen LogP contribution in [-0.2, 0) is 14.0 Å². The second kappa shape index (κ2) is 7.36. The first-order chi connectivity index (χ1) is 11.0. The molecule has 1 aromatic rings. The van der Waals surface area contributed by atoms with Gasteiger partial charge in [0.2, 0.25) is 14.5 Å². The molecule has 0 radical (unpaired) electrons. The van der Waals surface area contributed by atoms with Crippen molar-refractivity contribution in [2.45, 2.75) is 32.0 Å². The number of halogens is 3. The van der Waals surface area contributed by atoms with Crippen LogP contribution in [0, 0.1) is 0 Å². The summed E-state index contributed by atoms with van der Waals surface area (Å²) in [4.78, 5) is 25.5. The molecule has 1 unspecified atom stereocenters. The number of hydrogen-bond acceptors (Lipinski definition) is 5. The minimum atomic E-state index is -5.27. The van der Waals surface area contributed by atoms with E-state index in [1.54, 1.807) is 19.6 Å². The van der Waals surface area contributed by atoms with Crippen LogP contribution >= 0.6 is 0 Å². The normalized spacial score (nSPS) is 12.8. The summed E-state index contributed by atoms with van der Waals surface area (Å²) in [6, 6.07) is 5.33. The molecule has 24 heavy (non-hydrogen) atoms. The first kappa shape index (κ1) is 19.5. The van der Waals surface area contributed by atoms with Crippen LogP contribution in [0.25, 0.3) is 10.4 Å². The van der Waals surface area contributed by atoms with Crippen LogP contribution in [0.15, 0.2) is 29.4 Å². The molecule has 1 aromatic carbocycles. The average molecular weight is 361 g/mol. The number of azide groups is 1. The van der Waals surface area contributed by atoms with E-state index in [4.69, 9.17) is 9.96 Å². The van der Waals surface area contributed by atoms with Crippen LogP contribution in [0.2, 0.25) is 19.6 Å². The van der Waals surface area contributed by atoms with E-state index in [9.17, 15) is 22.8 Å². The fourth-order valence-electron chi connectivity index (χ4n) is 1.60. The van der Waals surface area contributed by atoms with Crippen molar-refractivity contribution in [2.75, 3.05) is 0 Å². The Morgan fingerprint density at radius 3 is 2.33 bits per heavy atom. The summed E-state index contributed by atoms with van der Waals surface area (Å²) in [5.74, 6) is -3.33. The number of rotatable bonds is 5. The monoisotopic (exact) mass is 361 g/mol. The Morgan fingerprint density at radius 1 is 1.25 bits per heavy atom. The molecule has 0 aliphatic carbocycles. The maximum Gasteiger partial charge on any atom is 0.490 e. The van der Waals surface area contributed by atoms with Crippen molar-refractivity contribution < 1.29 is 31.9 Å². The van der Waals surface area contributed by atoms with Gasteiger partial charge < -0.3 is 9.16 Å². The first-order valence-corrected chi connectivity index (χ1v) is 10.0. The van der Waals surface area contributed by atoms with Gasteiger partial charge in [0.05, 0.1) is 5.56 Å². The molecule has 0 aliphatic rings. The van der Waals surface area contributed by atoms with Gasteiger partial charge in [0.1, 0.15) is 0 Å². The molecule has 11 heteroatoms. The molecule has 7 nitrogen and oxygen atoms in total. The zero-order valence-electron chi connectivity index (χ0n) is 13.0. The summed E-state index contributed by atoms with van der Waals surface area (Å²) in [7, 11) is -2.28. The number of benzene rings is 1. The minimum absolute atomic E-state index is 0.146. The van der Waals surface area contributed by atoms with Gasteiger partial charge in [-0.15, -0.1) is 0 Å². The van der Waals surface area contributed by atoms with Gasteiger partial charge in [-0.3, -0.25) is 0 Å². The predicted molar refractivity (Wildman–Crippen MR) is 79.2 cm³/mol. The molecule has 0 saturated heterocycles. The van der Waals surface area contributed by atoms with Crippen molar-refractivity contribution in [1.82, 2.24) is 0 Å². The molecule has 0 fully saturated rings. The molecule has 0 saturated carbocycles. The fourth-order valence-corrected chi connectivity index (χ4v) is 2.26. The number of alkyl halides is 3. The van der Waals surface area contributed by atoms with Crippen molar-refractivity contribution >= 4 is 20.3 Å². The SMILES string of the molecule is C[Si](C)(C)OC(=O)c1ccccc1C(N=[N+]=[N-])OC(=O)C(F)(F)F. The highest BCUT2D eigenvalue weighted by molar-refractivity contribution is 6.71. The van der Waals surface area contributed by atoms with Crippen molar-refractivity contribution in [3.8, 4) is 0 Å². The van der Waals surface area contributed by atoms with Gasteiger partial charge in [-0.25, -0.2) is 9.59 Å². The molecule has 1 atom stereocenters. The maximum absolute atomic E-state index is 12.4. The number of esters is 1. The number of nitrogens with zero attached hydrogens (tertiary/aromatic N) is 3. The molecule has 0 aromatic heterocycles. The highest BCUT2D eigenvalue weighted by atomic mass is 28.4. The first-order valence-electron chi connectivity index (χ1n) is 6.60. The van der Waals surface area contributed by atoms with Crippen molar-refractivity contribution in [2.24, 2.45) is 5.11 Å². The molecule has 0 amide bonds. The lowest BCUT2D eigenvalue weighted by Gasteiger charge is -2.21. The van der Waals surface area contributed by atoms with E-state index in [0.717, 1.165) is 0 Å². The van der Waals surface area contributed by atoms with E-state index in [2.05, 4.69) is 14.8 Å². The van der Waals surface area contributed by atoms with Gasteiger partial charge >= 0.3 is 18.1 Å². The van der Waals surface area contributed by atoms with E-state index in [0.29, 0.717) is 0 Å². The van der Waals surface area contributed by atoms with E-state index >= 15 is 0 Å². The zero-order chi connectivity index (χ0) is 18.5. The summed E-state index contributed by atoms with van der Waals surface area (Å²) in [6.07, 6.45) is -7.22. The Bertz CT molecular complexity index is 682. The van der Waals surface area contributed by atoms with E-state index in [1.807, 2.05) is 0 Å². The summed E-state index contributed by atoms with van der Waals surface area (Å²) in [5, 5.41) is 3.03. The molecule has 130 valence electrons.